The number of nitrogens with zero attached hydrogens (tertiary/aromatic N) is 3. The number of benzene rings is 3. The highest BCUT2D eigenvalue weighted by molar-refractivity contribution is 5.89. The first kappa shape index (κ1) is 26.0. The summed E-state index contributed by atoms with van der Waals surface area (Å²) in [6.45, 7) is 8.63. The van der Waals surface area contributed by atoms with Crippen LogP contribution in [0.25, 0.3) is 32.8 Å². The quantitative estimate of drug-likeness (QED) is 0.235. The SMILES string of the molecule is CC(C)c1cccc2cc(-c3cnn(C)c3)ncc12.CC(C)c1cccc2cc(C3CC3)c(C(F)F)cc12. The maximum atomic E-state index is 13.3. The molecule has 2 heterocycles. The van der Waals surface area contributed by atoms with Crippen molar-refractivity contribution in [3.05, 3.63) is 95.4 Å². The van der Waals surface area contributed by atoms with Crippen molar-refractivity contribution >= 4 is 21.5 Å². The second-order valence-corrected chi connectivity index (χ2v) is 11.0. The number of pyridine rings is 1. The molecule has 0 amide bonds. The number of alkyl halides is 2. The van der Waals surface area contributed by atoms with Gasteiger partial charge in [0, 0.05) is 36.0 Å². The van der Waals surface area contributed by atoms with Crippen molar-refractivity contribution in [3.63, 3.8) is 0 Å². The van der Waals surface area contributed by atoms with Crippen LogP contribution < -0.4 is 0 Å². The van der Waals surface area contributed by atoms with Crippen molar-refractivity contribution < 1.29 is 8.78 Å². The van der Waals surface area contributed by atoms with Gasteiger partial charge in [-0.3, -0.25) is 9.67 Å². The van der Waals surface area contributed by atoms with Crippen LogP contribution in [0.2, 0.25) is 0 Å². The molecule has 3 aromatic carbocycles. The minimum atomic E-state index is -2.37. The maximum Gasteiger partial charge on any atom is 0.264 e. The molecule has 38 heavy (non-hydrogen) atoms. The van der Waals surface area contributed by atoms with E-state index in [0.717, 1.165) is 46.0 Å². The summed E-state index contributed by atoms with van der Waals surface area (Å²) in [5, 5.41) is 8.75. The lowest BCUT2D eigenvalue weighted by molar-refractivity contribution is 0.150. The molecule has 1 aliphatic carbocycles. The predicted molar refractivity (Wildman–Crippen MR) is 153 cm³/mol. The number of halogens is 2. The van der Waals surface area contributed by atoms with Crippen molar-refractivity contribution in [2.24, 2.45) is 7.05 Å². The average Bonchev–Trinajstić information content (AvgIpc) is 3.66. The molecule has 1 fully saturated rings. The summed E-state index contributed by atoms with van der Waals surface area (Å²) < 4.78 is 28.4. The van der Waals surface area contributed by atoms with Gasteiger partial charge in [0.2, 0.25) is 0 Å². The van der Waals surface area contributed by atoms with Gasteiger partial charge in [-0.15, -0.1) is 0 Å². The molecule has 3 nitrogen and oxygen atoms in total. The maximum absolute atomic E-state index is 13.3. The van der Waals surface area contributed by atoms with E-state index < -0.39 is 6.43 Å². The van der Waals surface area contributed by atoms with Gasteiger partial charge in [0.25, 0.3) is 6.43 Å². The zero-order chi connectivity index (χ0) is 27.0. The first-order valence-corrected chi connectivity index (χ1v) is 13.4. The molecule has 6 rings (SSSR count). The van der Waals surface area contributed by atoms with Gasteiger partial charge in [-0.25, -0.2) is 8.78 Å². The first-order chi connectivity index (χ1) is 18.2. The van der Waals surface area contributed by atoms with Gasteiger partial charge >= 0.3 is 0 Å². The minimum absolute atomic E-state index is 0.239. The van der Waals surface area contributed by atoms with Gasteiger partial charge in [0.05, 0.1) is 11.9 Å². The molecule has 5 aromatic rings. The van der Waals surface area contributed by atoms with E-state index in [2.05, 4.69) is 62.0 Å². The minimum Gasteiger partial charge on any atom is -0.275 e. The Morgan fingerprint density at radius 2 is 1.42 bits per heavy atom. The number of aryl methyl sites for hydroxylation is 1. The van der Waals surface area contributed by atoms with Gasteiger partial charge in [-0.1, -0.05) is 70.2 Å². The smallest absolute Gasteiger partial charge is 0.264 e. The second-order valence-electron chi connectivity index (χ2n) is 11.0. The monoisotopic (exact) mass is 511 g/mol. The molecule has 0 saturated heterocycles. The summed E-state index contributed by atoms with van der Waals surface area (Å²) in [6.07, 6.45) is 5.54. The van der Waals surface area contributed by atoms with E-state index in [1.807, 2.05) is 49.9 Å². The fraction of sp³-hybridized carbons (Fsp3) is 0.333. The molecule has 196 valence electrons. The van der Waals surface area contributed by atoms with Crippen LogP contribution in [-0.4, -0.2) is 14.8 Å². The number of hydrogen-bond acceptors (Lipinski definition) is 2. The van der Waals surface area contributed by atoms with Gasteiger partial charge in [-0.2, -0.15) is 5.10 Å². The van der Waals surface area contributed by atoms with E-state index in [1.165, 1.54) is 16.3 Å². The van der Waals surface area contributed by atoms with Crippen LogP contribution in [0.4, 0.5) is 8.78 Å². The largest absolute Gasteiger partial charge is 0.275 e. The molecule has 0 aliphatic heterocycles. The third-order valence-electron chi connectivity index (χ3n) is 7.41. The highest BCUT2D eigenvalue weighted by atomic mass is 19.3. The highest BCUT2D eigenvalue weighted by Crippen LogP contribution is 2.45. The lowest BCUT2D eigenvalue weighted by Crippen LogP contribution is -1.96. The average molecular weight is 512 g/mol. The van der Waals surface area contributed by atoms with Crippen molar-refractivity contribution in [2.75, 3.05) is 0 Å². The van der Waals surface area contributed by atoms with Crippen molar-refractivity contribution in [2.45, 2.75) is 64.7 Å². The van der Waals surface area contributed by atoms with Crippen LogP contribution in [0.5, 0.6) is 0 Å². The van der Waals surface area contributed by atoms with Gasteiger partial charge in [0.15, 0.2) is 0 Å². The molecular weight excluding hydrogens is 476 g/mol. The Morgan fingerprint density at radius 3 is 1.97 bits per heavy atom. The van der Waals surface area contributed by atoms with Crippen molar-refractivity contribution in [3.8, 4) is 11.3 Å². The number of rotatable bonds is 5. The normalized spacial score (nSPS) is 13.5. The first-order valence-electron chi connectivity index (χ1n) is 13.4. The zero-order valence-electron chi connectivity index (χ0n) is 22.7. The van der Waals surface area contributed by atoms with E-state index in [4.69, 9.17) is 0 Å². The van der Waals surface area contributed by atoms with Gasteiger partial charge < -0.3 is 0 Å². The molecule has 0 spiro atoms. The van der Waals surface area contributed by atoms with Crippen molar-refractivity contribution in [1.82, 2.24) is 14.8 Å². The van der Waals surface area contributed by atoms with Crippen LogP contribution in [0.15, 0.2) is 73.2 Å². The van der Waals surface area contributed by atoms with Gasteiger partial charge in [0.1, 0.15) is 0 Å². The van der Waals surface area contributed by atoms with Crippen LogP contribution >= 0.6 is 0 Å². The van der Waals surface area contributed by atoms with Crippen LogP contribution in [-0.2, 0) is 7.05 Å². The Balaban J connectivity index is 0.000000155. The Kier molecular flexibility index (Phi) is 7.29. The van der Waals surface area contributed by atoms with E-state index in [1.54, 1.807) is 10.7 Å². The number of aromatic nitrogens is 3. The van der Waals surface area contributed by atoms with E-state index >= 15 is 0 Å². The molecule has 0 bridgehead atoms. The Morgan fingerprint density at radius 1 is 0.789 bits per heavy atom. The number of fused-ring (bicyclic) bond motifs is 2. The fourth-order valence-corrected chi connectivity index (χ4v) is 5.23. The number of hydrogen-bond donors (Lipinski definition) is 0. The van der Waals surface area contributed by atoms with E-state index in [0.29, 0.717) is 17.8 Å². The summed E-state index contributed by atoms with van der Waals surface area (Å²) >= 11 is 0. The molecule has 0 N–H and O–H groups in total. The Labute approximate surface area is 223 Å². The molecule has 2 aromatic heterocycles. The third kappa shape index (κ3) is 5.33. The lowest BCUT2D eigenvalue weighted by atomic mass is 9.91. The summed E-state index contributed by atoms with van der Waals surface area (Å²) in [5.74, 6) is 1.21. The zero-order valence-corrected chi connectivity index (χ0v) is 22.7. The third-order valence-corrected chi connectivity index (χ3v) is 7.41. The Hall–Kier alpha value is -3.60. The predicted octanol–water partition coefficient (Wildman–Crippen LogP) is 9.54. The van der Waals surface area contributed by atoms with Crippen LogP contribution in [0.3, 0.4) is 0 Å². The standard InChI is InChI=1S/C17H18F2.C16H17N3/c1-10(2)13-5-3-4-12-8-14(11-6-7-11)16(17(18)19)9-15(12)13;1-11(2)14-6-4-5-12-7-16(17-9-15(12)14)13-8-18-19(3)10-13/h3-5,8-11,17H,6-7H2,1-2H3;4-11H,1-3H3. The molecule has 1 saturated carbocycles. The molecular formula is C33H35F2N3. The second kappa shape index (κ2) is 10.6. The van der Waals surface area contributed by atoms with Crippen LogP contribution in [0, 0.1) is 0 Å². The molecule has 0 unspecified atom stereocenters. The summed E-state index contributed by atoms with van der Waals surface area (Å²) in [7, 11) is 1.92. The molecule has 0 radical (unpaired) electrons. The summed E-state index contributed by atoms with van der Waals surface area (Å²) in [4.78, 5) is 4.58. The highest BCUT2D eigenvalue weighted by Gasteiger charge is 2.29. The topological polar surface area (TPSA) is 30.7 Å². The summed E-state index contributed by atoms with van der Waals surface area (Å²) in [6, 6.07) is 18.4. The van der Waals surface area contributed by atoms with E-state index in [-0.39, 0.29) is 5.56 Å². The molecule has 1 aliphatic rings. The summed E-state index contributed by atoms with van der Waals surface area (Å²) in [5.41, 5.74) is 5.64. The van der Waals surface area contributed by atoms with Gasteiger partial charge in [-0.05, 0) is 75.6 Å². The Bertz CT molecular complexity index is 1580. The lowest BCUT2D eigenvalue weighted by Gasteiger charge is -2.15. The molecule has 0 atom stereocenters. The van der Waals surface area contributed by atoms with Crippen molar-refractivity contribution in [1.29, 1.82) is 0 Å². The fourth-order valence-electron chi connectivity index (χ4n) is 5.23. The van der Waals surface area contributed by atoms with E-state index in [9.17, 15) is 8.78 Å². The molecule has 5 heteroatoms. The van der Waals surface area contributed by atoms with Crippen LogP contribution in [0.1, 0.15) is 87.0 Å².